The summed E-state index contributed by atoms with van der Waals surface area (Å²) in [5, 5.41) is 0.879. The number of aliphatic imine (C=N–C) groups is 2. The smallest absolute Gasteiger partial charge is 0.145 e. The van der Waals surface area contributed by atoms with Crippen LogP contribution in [0, 0.1) is 12.3 Å². The molecule has 1 unspecified atom stereocenters. The standard InChI is InChI=1S/C22H28N2OS/c1-13-7-8-17(11-18(13)16-9-10-16)20-15(3)26-21(24-20)14(2)23-19(12-25)22(4,5)6/h7-8,11-12,16,19-20H,3,9-10H2,1-2,4-6H3/b23-14+/t19-,20?/m0/s1. The molecule has 138 valence electrons. The van der Waals surface area contributed by atoms with Crippen molar-refractivity contribution in [3.63, 3.8) is 0 Å². The van der Waals surface area contributed by atoms with E-state index in [1.165, 1.54) is 29.5 Å². The summed E-state index contributed by atoms with van der Waals surface area (Å²) in [6.45, 7) is 14.4. The van der Waals surface area contributed by atoms with Gasteiger partial charge in [-0.2, -0.15) is 0 Å². The number of hydrogen-bond acceptors (Lipinski definition) is 4. The first-order chi connectivity index (χ1) is 12.2. The highest BCUT2D eigenvalue weighted by Crippen LogP contribution is 2.45. The van der Waals surface area contributed by atoms with Crippen molar-refractivity contribution < 1.29 is 4.79 Å². The molecule has 1 saturated carbocycles. The van der Waals surface area contributed by atoms with Crippen molar-refractivity contribution in [2.75, 3.05) is 0 Å². The van der Waals surface area contributed by atoms with Gasteiger partial charge < -0.3 is 4.79 Å². The van der Waals surface area contributed by atoms with E-state index in [-0.39, 0.29) is 17.5 Å². The Balaban J connectivity index is 1.87. The number of aldehydes is 1. The molecule has 0 spiro atoms. The molecule has 2 atom stereocenters. The second-order valence-corrected chi connectivity index (χ2v) is 9.57. The van der Waals surface area contributed by atoms with Gasteiger partial charge in [-0.25, -0.2) is 0 Å². The Kier molecular flexibility index (Phi) is 5.25. The Morgan fingerprint density at radius 2 is 2.08 bits per heavy atom. The Hall–Kier alpha value is -1.68. The lowest BCUT2D eigenvalue weighted by molar-refractivity contribution is -0.110. The number of hydrogen-bond donors (Lipinski definition) is 0. The van der Waals surface area contributed by atoms with Gasteiger partial charge in [0, 0.05) is 4.91 Å². The maximum atomic E-state index is 11.4. The molecule has 1 aliphatic heterocycles. The predicted octanol–water partition coefficient (Wildman–Crippen LogP) is 5.65. The molecule has 0 bridgehead atoms. The number of thioether (sulfide) groups is 1. The summed E-state index contributed by atoms with van der Waals surface area (Å²) >= 11 is 1.58. The van der Waals surface area contributed by atoms with E-state index < -0.39 is 0 Å². The Morgan fingerprint density at radius 1 is 1.38 bits per heavy atom. The van der Waals surface area contributed by atoms with Gasteiger partial charge in [0.15, 0.2) is 0 Å². The number of aryl methyl sites for hydroxylation is 1. The maximum Gasteiger partial charge on any atom is 0.145 e. The molecule has 1 aromatic rings. The highest BCUT2D eigenvalue weighted by molar-refractivity contribution is 8.19. The molecule has 26 heavy (non-hydrogen) atoms. The summed E-state index contributed by atoms with van der Waals surface area (Å²) in [5.74, 6) is 0.726. The molecule has 0 aromatic heterocycles. The van der Waals surface area contributed by atoms with Crippen molar-refractivity contribution in [1.29, 1.82) is 0 Å². The molecule has 3 nitrogen and oxygen atoms in total. The van der Waals surface area contributed by atoms with Gasteiger partial charge in [0.05, 0.1) is 5.71 Å². The van der Waals surface area contributed by atoms with E-state index in [0.29, 0.717) is 0 Å². The molecule has 1 aromatic carbocycles. The van der Waals surface area contributed by atoms with Gasteiger partial charge >= 0.3 is 0 Å². The molecule has 1 heterocycles. The lowest BCUT2D eigenvalue weighted by Crippen LogP contribution is -2.27. The molecule has 2 aliphatic rings. The summed E-state index contributed by atoms with van der Waals surface area (Å²) in [4.78, 5) is 22.0. The van der Waals surface area contributed by atoms with Crippen molar-refractivity contribution in [2.24, 2.45) is 15.4 Å². The molecular weight excluding hydrogens is 340 g/mol. The van der Waals surface area contributed by atoms with Crippen LogP contribution in [-0.2, 0) is 4.79 Å². The zero-order valence-electron chi connectivity index (χ0n) is 16.4. The minimum absolute atomic E-state index is 0.0254. The minimum Gasteiger partial charge on any atom is -0.301 e. The monoisotopic (exact) mass is 368 g/mol. The predicted molar refractivity (Wildman–Crippen MR) is 112 cm³/mol. The average molecular weight is 369 g/mol. The van der Waals surface area contributed by atoms with Crippen molar-refractivity contribution >= 4 is 28.8 Å². The van der Waals surface area contributed by atoms with Crippen LogP contribution in [0.3, 0.4) is 0 Å². The van der Waals surface area contributed by atoms with Crippen LogP contribution in [0.2, 0.25) is 0 Å². The van der Waals surface area contributed by atoms with Crippen LogP contribution in [0.1, 0.15) is 69.2 Å². The van der Waals surface area contributed by atoms with Gasteiger partial charge in [-0.15, -0.1) is 0 Å². The Labute approximate surface area is 161 Å². The van der Waals surface area contributed by atoms with Gasteiger partial charge in [-0.05, 0) is 54.7 Å². The molecular formula is C22H28N2OS. The van der Waals surface area contributed by atoms with E-state index in [0.717, 1.165) is 27.9 Å². The zero-order chi connectivity index (χ0) is 19.1. The Morgan fingerprint density at radius 3 is 2.65 bits per heavy atom. The summed E-state index contributed by atoms with van der Waals surface area (Å²) in [5.41, 5.74) is 4.66. The van der Waals surface area contributed by atoms with Crippen LogP contribution in [0.5, 0.6) is 0 Å². The second-order valence-electron chi connectivity index (χ2n) is 8.46. The quantitative estimate of drug-likeness (QED) is 0.498. The van der Waals surface area contributed by atoms with Crippen LogP contribution in [-0.4, -0.2) is 23.1 Å². The van der Waals surface area contributed by atoms with Crippen molar-refractivity contribution in [1.82, 2.24) is 0 Å². The summed E-state index contributed by atoms with van der Waals surface area (Å²) in [7, 11) is 0. The molecule has 1 aliphatic carbocycles. The number of nitrogens with zero attached hydrogens (tertiary/aromatic N) is 2. The van der Waals surface area contributed by atoms with E-state index in [2.05, 4.69) is 36.7 Å². The Bertz CT molecular complexity index is 797. The van der Waals surface area contributed by atoms with Crippen LogP contribution in [0.25, 0.3) is 0 Å². The molecule has 4 heteroatoms. The lowest BCUT2D eigenvalue weighted by Gasteiger charge is -2.22. The largest absolute Gasteiger partial charge is 0.301 e. The molecule has 0 radical (unpaired) electrons. The van der Waals surface area contributed by atoms with E-state index in [1.54, 1.807) is 11.8 Å². The highest BCUT2D eigenvalue weighted by Gasteiger charge is 2.30. The summed E-state index contributed by atoms with van der Waals surface area (Å²) in [6, 6.07) is 6.30. The van der Waals surface area contributed by atoms with Gasteiger partial charge in [0.1, 0.15) is 23.4 Å². The molecule has 0 N–H and O–H groups in total. The van der Waals surface area contributed by atoms with Gasteiger partial charge in [0.2, 0.25) is 0 Å². The van der Waals surface area contributed by atoms with E-state index in [9.17, 15) is 4.79 Å². The lowest BCUT2D eigenvalue weighted by atomic mass is 9.88. The summed E-state index contributed by atoms with van der Waals surface area (Å²) in [6.07, 6.45) is 3.52. The van der Waals surface area contributed by atoms with Gasteiger partial charge in [-0.1, -0.05) is 57.3 Å². The number of rotatable bonds is 5. The van der Waals surface area contributed by atoms with Gasteiger partial charge in [-0.3, -0.25) is 9.98 Å². The fraction of sp³-hybridized carbons (Fsp3) is 0.500. The first-order valence-corrected chi connectivity index (χ1v) is 10.1. The first kappa shape index (κ1) is 19.1. The fourth-order valence-electron chi connectivity index (χ4n) is 3.18. The molecule has 1 fully saturated rings. The topological polar surface area (TPSA) is 41.8 Å². The average Bonchev–Trinajstić information content (AvgIpc) is 3.34. The molecule has 0 saturated heterocycles. The van der Waals surface area contributed by atoms with Gasteiger partial charge in [0.25, 0.3) is 0 Å². The number of carbonyl (C=O) groups is 1. The third-order valence-corrected chi connectivity index (χ3v) is 6.15. The summed E-state index contributed by atoms with van der Waals surface area (Å²) < 4.78 is 0. The fourth-order valence-corrected chi connectivity index (χ4v) is 4.09. The van der Waals surface area contributed by atoms with E-state index in [1.807, 2.05) is 27.7 Å². The first-order valence-electron chi connectivity index (χ1n) is 9.25. The highest BCUT2D eigenvalue weighted by atomic mass is 32.2. The van der Waals surface area contributed by atoms with Crippen LogP contribution < -0.4 is 0 Å². The van der Waals surface area contributed by atoms with Crippen LogP contribution in [0.4, 0.5) is 0 Å². The van der Waals surface area contributed by atoms with E-state index >= 15 is 0 Å². The molecule has 0 amide bonds. The third-order valence-electron chi connectivity index (χ3n) is 5.07. The SMILES string of the molecule is C=C1SC(/C(C)=N/[C@@H](C=O)C(C)(C)C)=NC1c1ccc(C)c(C2CC2)c1. The third kappa shape index (κ3) is 4.01. The van der Waals surface area contributed by atoms with Crippen molar-refractivity contribution in [3.8, 4) is 0 Å². The van der Waals surface area contributed by atoms with E-state index in [4.69, 9.17) is 4.99 Å². The van der Waals surface area contributed by atoms with Crippen LogP contribution >= 0.6 is 11.8 Å². The maximum absolute atomic E-state index is 11.4. The normalized spacial score (nSPS) is 22.3. The number of benzene rings is 1. The van der Waals surface area contributed by atoms with Crippen LogP contribution in [0.15, 0.2) is 39.7 Å². The van der Waals surface area contributed by atoms with Crippen molar-refractivity contribution in [2.45, 2.75) is 65.5 Å². The minimum atomic E-state index is -0.362. The number of carbonyl (C=O) groups excluding carboxylic acids is 1. The molecule has 3 rings (SSSR count). The zero-order valence-corrected chi connectivity index (χ0v) is 17.2. The van der Waals surface area contributed by atoms with Crippen molar-refractivity contribution in [3.05, 3.63) is 46.4 Å². The second kappa shape index (κ2) is 7.15.